The van der Waals surface area contributed by atoms with Gasteiger partial charge in [0.1, 0.15) is 6.10 Å². The standard InChI is InChI=1S/C25H23F3N4O/c1-15-4-6-17(25(26,27)28)10-19(15)16-5-7-22-20(9-16)21(12-31-22)23-13-30-14-24(32-23)33-18-3-2-8-29-11-18/h4-7,9-10,12-14,18,29,31H,2-3,8,11H2,1H3/t18-/m1/s1. The maximum Gasteiger partial charge on any atom is 0.416 e. The lowest BCUT2D eigenvalue weighted by Crippen LogP contribution is -2.37. The van der Waals surface area contributed by atoms with Gasteiger partial charge in [0.25, 0.3) is 0 Å². The highest BCUT2D eigenvalue weighted by Gasteiger charge is 2.31. The van der Waals surface area contributed by atoms with Gasteiger partial charge < -0.3 is 15.0 Å². The summed E-state index contributed by atoms with van der Waals surface area (Å²) in [5.74, 6) is 0.459. The molecule has 5 rings (SSSR count). The number of aryl methyl sites for hydroxylation is 1. The summed E-state index contributed by atoms with van der Waals surface area (Å²) in [6, 6.07) is 9.41. The number of fused-ring (bicyclic) bond motifs is 1. The van der Waals surface area contributed by atoms with E-state index >= 15 is 0 Å². The van der Waals surface area contributed by atoms with Crippen LogP contribution < -0.4 is 10.1 Å². The van der Waals surface area contributed by atoms with Gasteiger partial charge in [-0.25, -0.2) is 4.98 Å². The second-order valence-corrected chi connectivity index (χ2v) is 8.32. The Hall–Kier alpha value is -3.39. The van der Waals surface area contributed by atoms with Crippen LogP contribution in [-0.4, -0.2) is 34.1 Å². The highest BCUT2D eigenvalue weighted by Crippen LogP contribution is 2.36. The van der Waals surface area contributed by atoms with Crippen molar-refractivity contribution >= 4 is 10.9 Å². The summed E-state index contributed by atoms with van der Waals surface area (Å²) in [5.41, 5.74) is 3.69. The Labute approximate surface area is 189 Å². The van der Waals surface area contributed by atoms with Gasteiger partial charge in [0, 0.05) is 29.2 Å². The molecule has 3 heterocycles. The second kappa shape index (κ2) is 8.51. The monoisotopic (exact) mass is 452 g/mol. The molecule has 1 aliphatic heterocycles. The summed E-state index contributed by atoms with van der Waals surface area (Å²) in [4.78, 5) is 12.2. The Bertz CT molecular complexity index is 1290. The molecule has 8 heteroatoms. The van der Waals surface area contributed by atoms with Crippen molar-refractivity contribution in [3.05, 3.63) is 66.1 Å². The Morgan fingerprint density at radius 1 is 1.06 bits per heavy atom. The van der Waals surface area contributed by atoms with E-state index in [9.17, 15) is 13.2 Å². The van der Waals surface area contributed by atoms with Gasteiger partial charge in [-0.15, -0.1) is 0 Å². The van der Waals surface area contributed by atoms with Crippen molar-refractivity contribution in [2.45, 2.75) is 32.0 Å². The van der Waals surface area contributed by atoms with E-state index in [0.717, 1.165) is 54.0 Å². The number of aromatic amines is 1. The number of ether oxygens (including phenoxy) is 1. The number of benzene rings is 2. The van der Waals surface area contributed by atoms with Crippen LogP contribution in [0.5, 0.6) is 5.88 Å². The maximum absolute atomic E-state index is 13.3. The van der Waals surface area contributed by atoms with E-state index in [1.165, 1.54) is 12.1 Å². The Morgan fingerprint density at radius 3 is 2.73 bits per heavy atom. The van der Waals surface area contributed by atoms with E-state index in [4.69, 9.17) is 4.74 Å². The molecule has 5 nitrogen and oxygen atoms in total. The summed E-state index contributed by atoms with van der Waals surface area (Å²) in [6.45, 7) is 3.58. The fourth-order valence-electron chi connectivity index (χ4n) is 4.24. The fraction of sp³-hybridized carbons (Fsp3) is 0.280. The lowest BCUT2D eigenvalue weighted by molar-refractivity contribution is -0.137. The normalized spacial score (nSPS) is 16.8. The minimum Gasteiger partial charge on any atom is -0.472 e. The molecule has 0 saturated carbocycles. The molecule has 0 radical (unpaired) electrons. The summed E-state index contributed by atoms with van der Waals surface area (Å²) in [6.07, 6.45) is 2.78. The lowest BCUT2D eigenvalue weighted by atomic mass is 9.96. The molecule has 1 aliphatic rings. The molecule has 2 aromatic heterocycles. The number of alkyl halides is 3. The number of H-pyrrole nitrogens is 1. The number of halogens is 3. The Morgan fingerprint density at radius 2 is 1.94 bits per heavy atom. The average Bonchev–Trinajstić information content (AvgIpc) is 3.23. The van der Waals surface area contributed by atoms with Gasteiger partial charge in [-0.3, -0.25) is 4.98 Å². The number of hydrogen-bond acceptors (Lipinski definition) is 4. The van der Waals surface area contributed by atoms with Gasteiger partial charge in [-0.2, -0.15) is 13.2 Å². The fourth-order valence-corrected chi connectivity index (χ4v) is 4.24. The first kappa shape index (κ1) is 21.5. The molecule has 170 valence electrons. The molecule has 1 saturated heterocycles. The zero-order valence-electron chi connectivity index (χ0n) is 18.0. The molecule has 0 aliphatic carbocycles. The summed E-state index contributed by atoms with van der Waals surface area (Å²) in [7, 11) is 0. The van der Waals surface area contributed by atoms with Crippen molar-refractivity contribution < 1.29 is 17.9 Å². The molecular formula is C25H23F3N4O. The molecule has 2 aromatic carbocycles. The molecule has 1 atom stereocenters. The maximum atomic E-state index is 13.3. The van der Waals surface area contributed by atoms with Gasteiger partial charge >= 0.3 is 6.18 Å². The summed E-state index contributed by atoms with van der Waals surface area (Å²) < 4.78 is 45.8. The van der Waals surface area contributed by atoms with Crippen LogP contribution in [0.15, 0.2) is 55.0 Å². The first-order valence-corrected chi connectivity index (χ1v) is 10.9. The van der Waals surface area contributed by atoms with Crippen LogP contribution in [0.25, 0.3) is 33.3 Å². The molecule has 0 spiro atoms. The van der Waals surface area contributed by atoms with Crippen molar-refractivity contribution in [1.29, 1.82) is 0 Å². The predicted octanol–water partition coefficient (Wildman–Crippen LogP) is 5.75. The second-order valence-electron chi connectivity index (χ2n) is 8.32. The van der Waals surface area contributed by atoms with Gasteiger partial charge in [0.2, 0.25) is 5.88 Å². The molecule has 4 aromatic rings. The number of aromatic nitrogens is 3. The summed E-state index contributed by atoms with van der Waals surface area (Å²) in [5, 5.41) is 4.17. The minimum absolute atomic E-state index is 0.0572. The van der Waals surface area contributed by atoms with Gasteiger partial charge in [0.15, 0.2) is 0 Å². The van der Waals surface area contributed by atoms with Gasteiger partial charge in [-0.1, -0.05) is 12.1 Å². The number of piperidine rings is 1. The van der Waals surface area contributed by atoms with Crippen LogP contribution in [0.1, 0.15) is 24.0 Å². The van der Waals surface area contributed by atoms with E-state index in [1.54, 1.807) is 12.4 Å². The third kappa shape index (κ3) is 4.43. The van der Waals surface area contributed by atoms with Crippen LogP contribution in [0.3, 0.4) is 0 Å². The molecule has 1 fully saturated rings. The zero-order chi connectivity index (χ0) is 23.0. The molecule has 0 bridgehead atoms. The zero-order valence-corrected chi connectivity index (χ0v) is 18.0. The highest BCUT2D eigenvalue weighted by atomic mass is 19.4. The quantitative estimate of drug-likeness (QED) is 0.414. The number of hydrogen-bond donors (Lipinski definition) is 2. The predicted molar refractivity (Wildman–Crippen MR) is 121 cm³/mol. The van der Waals surface area contributed by atoms with Crippen LogP contribution in [-0.2, 0) is 6.18 Å². The van der Waals surface area contributed by atoms with E-state index in [-0.39, 0.29) is 6.10 Å². The Kier molecular flexibility index (Phi) is 5.54. The lowest BCUT2D eigenvalue weighted by Gasteiger charge is -2.23. The van der Waals surface area contributed by atoms with E-state index in [1.807, 2.05) is 31.3 Å². The van der Waals surface area contributed by atoms with Crippen LogP contribution in [0.4, 0.5) is 13.2 Å². The number of rotatable bonds is 4. The van der Waals surface area contributed by atoms with Crippen molar-refractivity contribution in [3.63, 3.8) is 0 Å². The van der Waals surface area contributed by atoms with Crippen LogP contribution >= 0.6 is 0 Å². The highest BCUT2D eigenvalue weighted by molar-refractivity contribution is 5.97. The molecule has 0 unspecified atom stereocenters. The topological polar surface area (TPSA) is 62.8 Å². The van der Waals surface area contributed by atoms with Crippen molar-refractivity contribution in [3.8, 4) is 28.3 Å². The molecule has 2 N–H and O–H groups in total. The average molecular weight is 452 g/mol. The molecule has 33 heavy (non-hydrogen) atoms. The smallest absolute Gasteiger partial charge is 0.416 e. The van der Waals surface area contributed by atoms with Crippen LogP contribution in [0.2, 0.25) is 0 Å². The summed E-state index contributed by atoms with van der Waals surface area (Å²) >= 11 is 0. The molecular weight excluding hydrogens is 429 g/mol. The number of nitrogens with zero attached hydrogens (tertiary/aromatic N) is 2. The van der Waals surface area contributed by atoms with Crippen molar-refractivity contribution in [2.75, 3.05) is 13.1 Å². The van der Waals surface area contributed by atoms with Gasteiger partial charge in [0.05, 0.1) is 23.7 Å². The van der Waals surface area contributed by atoms with E-state index in [0.29, 0.717) is 22.7 Å². The largest absolute Gasteiger partial charge is 0.472 e. The van der Waals surface area contributed by atoms with E-state index < -0.39 is 11.7 Å². The minimum atomic E-state index is -4.39. The SMILES string of the molecule is Cc1ccc(C(F)(F)F)cc1-c1ccc2[nH]cc(-c3cncc(O[C@@H]4CCCNC4)n3)c2c1. The van der Waals surface area contributed by atoms with Crippen LogP contribution in [0, 0.1) is 6.92 Å². The van der Waals surface area contributed by atoms with Crippen molar-refractivity contribution in [1.82, 2.24) is 20.3 Å². The molecule has 0 amide bonds. The first-order chi connectivity index (χ1) is 15.9. The number of nitrogens with one attached hydrogen (secondary N) is 2. The van der Waals surface area contributed by atoms with Crippen molar-refractivity contribution in [2.24, 2.45) is 0 Å². The Balaban J connectivity index is 1.52. The third-order valence-electron chi connectivity index (χ3n) is 5.99. The van der Waals surface area contributed by atoms with E-state index in [2.05, 4.69) is 20.3 Å². The third-order valence-corrected chi connectivity index (χ3v) is 5.99. The van der Waals surface area contributed by atoms with Gasteiger partial charge in [-0.05, 0) is 67.3 Å². The first-order valence-electron chi connectivity index (χ1n) is 10.9.